The lowest BCUT2D eigenvalue weighted by Crippen LogP contribution is -2.33. The highest BCUT2D eigenvalue weighted by Crippen LogP contribution is 2.18. The highest BCUT2D eigenvalue weighted by Gasteiger charge is 2.14. The highest BCUT2D eigenvalue weighted by atomic mass is 35.5. The van der Waals surface area contributed by atoms with E-state index in [-0.39, 0.29) is 0 Å². The third-order valence-corrected chi connectivity index (χ3v) is 4.53. The summed E-state index contributed by atoms with van der Waals surface area (Å²) in [5, 5.41) is 4.52. The van der Waals surface area contributed by atoms with Gasteiger partial charge in [-0.2, -0.15) is 5.10 Å². The van der Waals surface area contributed by atoms with Crippen molar-refractivity contribution in [3.05, 3.63) is 88.9 Å². The predicted octanol–water partition coefficient (Wildman–Crippen LogP) is 4.49. The van der Waals surface area contributed by atoms with Crippen molar-refractivity contribution in [2.24, 2.45) is 5.10 Å². The average molecular weight is 453 g/mol. The van der Waals surface area contributed by atoms with Crippen LogP contribution in [0.4, 0.5) is 0 Å². The summed E-state index contributed by atoms with van der Waals surface area (Å²) in [5.41, 5.74) is 3.45. The molecule has 0 bridgehead atoms. The maximum absolute atomic E-state index is 12.3. The molecule has 1 amide bonds. The molecule has 0 saturated carbocycles. The quantitative estimate of drug-likeness (QED) is 0.235. The number of methoxy groups -OCH3 is 1. The van der Waals surface area contributed by atoms with Crippen LogP contribution in [-0.2, 0) is 4.79 Å². The lowest BCUT2D eigenvalue weighted by Gasteiger charge is -2.12. The third kappa shape index (κ3) is 6.58. The number of hydrogen-bond donors (Lipinski definition) is 1. The Balaban J connectivity index is 1.54. The molecule has 0 aliphatic carbocycles. The minimum Gasteiger partial charge on any atom is -0.497 e. The topological polar surface area (TPSA) is 86.2 Å². The van der Waals surface area contributed by atoms with Crippen LogP contribution in [0.2, 0.25) is 5.02 Å². The first-order valence-corrected chi connectivity index (χ1v) is 10.0. The number of rotatable bonds is 8. The monoisotopic (exact) mass is 452 g/mol. The molecule has 3 rings (SSSR count). The minimum absolute atomic E-state index is 0.348. The van der Waals surface area contributed by atoms with E-state index in [4.69, 9.17) is 25.8 Å². The van der Waals surface area contributed by atoms with Crippen LogP contribution in [0.25, 0.3) is 0 Å². The second-order valence-corrected chi connectivity index (χ2v) is 7.08. The fraction of sp³-hybridized carbons (Fsp3) is 0.125. The maximum atomic E-state index is 12.3. The molecule has 164 valence electrons. The number of amides is 1. The van der Waals surface area contributed by atoms with Crippen LogP contribution in [0.15, 0.2) is 77.9 Å². The van der Waals surface area contributed by atoms with Crippen molar-refractivity contribution in [2.45, 2.75) is 13.0 Å². The van der Waals surface area contributed by atoms with Gasteiger partial charge in [0, 0.05) is 5.02 Å². The van der Waals surface area contributed by atoms with Crippen molar-refractivity contribution in [1.82, 2.24) is 5.43 Å². The zero-order valence-electron chi connectivity index (χ0n) is 17.4. The number of nitrogens with zero attached hydrogens (tertiary/aromatic N) is 1. The molecule has 3 aromatic rings. The van der Waals surface area contributed by atoms with Gasteiger partial charge in [0.2, 0.25) is 0 Å². The summed E-state index contributed by atoms with van der Waals surface area (Å²) in [5.74, 6) is 0.601. The zero-order chi connectivity index (χ0) is 22.9. The third-order valence-electron chi connectivity index (χ3n) is 4.28. The summed E-state index contributed by atoms with van der Waals surface area (Å²) in [7, 11) is 1.55. The predicted molar refractivity (Wildman–Crippen MR) is 122 cm³/mol. The Bertz CT molecular complexity index is 1100. The Labute approximate surface area is 190 Å². The van der Waals surface area contributed by atoms with Crippen LogP contribution in [-0.4, -0.2) is 31.3 Å². The molecule has 0 aliphatic rings. The minimum atomic E-state index is -0.759. The first kappa shape index (κ1) is 22.8. The van der Waals surface area contributed by atoms with Crippen molar-refractivity contribution < 1.29 is 23.8 Å². The molecule has 0 aliphatic heterocycles. The number of carbonyl (C=O) groups is 2. The fourth-order valence-electron chi connectivity index (χ4n) is 2.58. The molecule has 0 saturated heterocycles. The standard InChI is InChI=1S/C24H21ClN2O5/c1-16(31-21-12-8-19(25)9-13-21)23(28)27-26-15-17-4-3-5-22(14-17)32-24(29)18-6-10-20(30-2)11-7-18/h3-16H,1-2H3,(H,27,28)/b26-15-/t16-/m0/s1. The smallest absolute Gasteiger partial charge is 0.343 e. The summed E-state index contributed by atoms with van der Waals surface area (Å²) >= 11 is 5.83. The first-order valence-electron chi connectivity index (χ1n) is 9.66. The van der Waals surface area contributed by atoms with Crippen molar-refractivity contribution in [3.8, 4) is 17.2 Å². The Kier molecular flexibility index (Phi) is 7.83. The van der Waals surface area contributed by atoms with Gasteiger partial charge in [-0.1, -0.05) is 23.7 Å². The van der Waals surface area contributed by atoms with Crippen molar-refractivity contribution in [3.63, 3.8) is 0 Å². The molecule has 7 nitrogen and oxygen atoms in total. The van der Waals surface area contributed by atoms with Gasteiger partial charge in [-0.25, -0.2) is 10.2 Å². The van der Waals surface area contributed by atoms with E-state index >= 15 is 0 Å². The van der Waals surface area contributed by atoms with E-state index in [1.165, 1.54) is 6.21 Å². The molecule has 0 spiro atoms. The Hall–Kier alpha value is -3.84. The Morgan fingerprint density at radius 2 is 1.66 bits per heavy atom. The number of ether oxygens (including phenoxy) is 3. The zero-order valence-corrected chi connectivity index (χ0v) is 18.2. The van der Waals surface area contributed by atoms with Crippen LogP contribution < -0.4 is 19.6 Å². The van der Waals surface area contributed by atoms with Crippen LogP contribution in [0.1, 0.15) is 22.8 Å². The van der Waals surface area contributed by atoms with Crippen molar-refractivity contribution in [2.75, 3.05) is 7.11 Å². The van der Waals surface area contributed by atoms with E-state index in [2.05, 4.69) is 10.5 Å². The van der Waals surface area contributed by atoms with Gasteiger partial charge in [-0.15, -0.1) is 0 Å². The fourth-order valence-corrected chi connectivity index (χ4v) is 2.71. The lowest BCUT2D eigenvalue weighted by atomic mass is 10.2. The largest absolute Gasteiger partial charge is 0.497 e. The molecule has 0 fully saturated rings. The highest BCUT2D eigenvalue weighted by molar-refractivity contribution is 6.30. The number of hydrazone groups is 1. The summed E-state index contributed by atoms with van der Waals surface area (Å²) < 4.78 is 16.0. The van der Waals surface area contributed by atoms with Gasteiger partial charge in [-0.3, -0.25) is 4.79 Å². The average Bonchev–Trinajstić information content (AvgIpc) is 2.80. The van der Waals surface area contributed by atoms with Crippen LogP contribution >= 0.6 is 11.6 Å². The summed E-state index contributed by atoms with van der Waals surface area (Å²) in [6.45, 7) is 1.61. The van der Waals surface area contributed by atoms with Gasteiger partial charge < -0.3 is 14.2 Å². The van der Waals surface area contributed by atoms with E-state index in [1.807, 2.05) is 0 Å². The SMILES string of the molecule is COc1ccc(C(=O)Oc2cccc(/C=N\NC(=O)[C@H](C)Oc3ccc(Cl)cc3)c2)cc1. The lowest BCUT2D eigenvalue weighted by molar-refractivity contribution is -0.127. The van der Waals surface area contributed by atoms with E-state index in [1.54, 1.807) is 86.8 Å². The van der Waals surface area contributed by atoms with Crippen molar-refractivity contribution >= 4 is 29.7 Å². The van der Waals surface area contributed by atoms with Crippen LogP contribution in [0.3, 0.4) is 0 Å². The van der Waals surface area contributed by atoms with Crippen LogP contribution in [0, 0.1) is 0 Å². The number of nitrogens with one attached hydrogen (secondary N) is 1. The number of benzene rings is 3. The Morgan fingerprint density at radius 3 is 2.34 bits per heavy atom. The maximum Gasteiger partial charge on any atom is 0.343 e. The molecule has 1 N–H and O–H groups in total. The van der Waals surface area contributed by atoms with Gasteiger partial charge in [0.25, 0.3) is 5.91 Å². The van der Waals surface area contributed by atoms with Gasteiger partial charge in [0.1, 0.15) is 17.2 Å². The second-order valence-electron chi connectivity index (χ2n) is 6.64. The second kappa shape index (κ2) is 11.0. The van der Waals surface area contributed by atoms with E-state index < -0.39 is 18.0 Å². The van der Waals surface area contributed by atoms with E-state index in [0.29, 0.717) is 33.4 Å². The number of hydrogen-bond acceptors (Lipinski definition) is 6. The molecular formula is C24H21ClN2O5. The summed E-state index contributed by atoms with van der Waals surface area (Å²) in [4.78, 5) is 24.5. The van der Waals surface area contributed by atoms with Gasteiger partial charge in [0.15, 0.2) is 6.10 Å². The molecule has 0 radical (unpaired) electrons. The molecule has 0 aromatic heterocycles. The normalized spacial score (nSPS) is 11.6. The first-order chi connectivity index (χ1) is 15.4. The molecule has 32 heavy (non-hydrogen) atoms. The number of carbonyl (C=O) groups excluding carboxylic acids is 2. The van der Waals surface area contributed by atoms with E-state index in [9.17, 15) is 9.59 Å². The van der Waals surface area contributed by atoms with Gasteiger partial charge in [-0.05, 0) is 73.2 Å². The van der Waals surface area contributed by atoms with Crippen molar-refractivity contribution in [1.29, 1.82) is 0 Å². The molecule has 0 unspecified atom stereocenters. The van der Waals surface area contributed by atoms with E-state index in [0.717, 1.165) is 0 Å². The van der Waals surface area contributed by atoms with Gasteiger partial charge >= 0.3 is 5.97 Å². The van der Waals surface area contributed by atoms with Crippen LogP contribution in [0.5, 0.6) is 17.2 Å². The molecular weight excluding hydrogens is 432 g/mol. The summed E-state index contributed by atoms with van der Waals surface area (Å²) in [6.07, 6.45) is 0.683. The molecule has 8 heteroatoms. The number of esters is 1. The molecule has 3 aromatic carbocycles. The molecule has 1 atom stereocenters. The Morgan fingerprint density at radius 1 is 0.969 bits per heavy atom. The van der Waals surface area contributed by atoms with Gasteiger partial charge in [0.05, 0.1) is 18.9 Å². The molecule has 0 heterocycles. The summed E-state index contributed by atoms with van der Waals surface area (Å²) in [6, 6.07) is 20.1. The number of halogens is 1.